The summed E-state index contributed by atoms with van der Waals surface area (Å²) in [4.78, 5) is 29.2. The van der Waals surface area contributed by atoms with Crippen LogP contribution in [0.1, 0.15) is 23.2 Å². The summed E-state index contributed by atoms with van der Waals surface area (Å²) in [7, 11) is 0. The number of rotatable bonds is 8. The maximum atomic E-state index is 12.6. The molecule has 7 heteroatoms. The second-order valence-corrected chi connectivity index (χ2v) is 7.67. The van der Waals surface area contributed by atoms with Crippen molar-refractivity contribution in [1.29, 1.82) is 0 Å². The van der Waals surface area contributed by atoms with Gasteiger partial charge in [0.2, 0.25) is 5.91 Å². The number of nitrogens with zero attached hydrogens (tertiary/aromatic N) is 2. The molecule has 0 spiro atoms. The van der Waals surface area contributed by atoms with Gasteiger partial charge in [0.1, 0.15) is 25.6 Å². The molecule has 2 heterocycles. The molecule has 2 aliphatic heterocycles. The van der Waals surface area contributed by atoms with Gasteiger partial charge in [0.15, 0.2) is 17.3 Å². The number of ether oxygens (including phenoxy) is 3. The van der Waals surface area contributed by atoms with Gasteiger partial charge >= 0.3 is 0 Å². The minimum Gasteiger partial charge on any atom is -0.492 e. The number of para-hydroxylation sites is 1. The van der Waals surface area contributed by atoms with E-state index in [1.54, 1.807) is 18.2 Å². The van der Waals surface area contributed by atoms with Gasteiger partial charge in [-0.1, -0.05) is 18.2 Å². The van der Waals surface area contributed by atoms with Crippen LogP contribution in [-0.4, -0.2) is 74.0 Å². The van der Waals surface area contributed by atoms with E-state index in [2.05, 4.69) is 4.90 Å². The van der Waals surface area contributed by atoms with Crippen molar-refractivity contribution in [3.63, 3.8) is 0 Å². The first-order chi connectivity index (χ1) is 15.2. The highest BCUT2D eigenvalue weighted by molar-refractivity contribution is 5.98. The molecule has 0 bridgehead atoms. The number of hydrogen-bond acceptors (Lipinski definition) is 6. The zero-order chi connectivity index (χ0) is 21.5. The molecule has 0 radical (unpaired) electrons. The van der Waals surface area contributed by atoms with Crippen molar-refractivity contribution in [1.82, 2.24) is 9.80 Å². The van der Waals surface area contributed by atoms with Gasteiger partial charge in [-0.25, -0.2) is 0 Å². The highest BCUT2D eigenvalue weighted by Gasteiger charge is 2.22. The second kappa shape index (κ2) is 10.3. The molecule has 2 aromatic rings. The van der Waals surface area contributed by atoms with Crippen LogP contribution in [0, 0.1) is 0 Å². The van der Waals surface area contributed by atoms with E-state index in [0.717, 1.165) is 25.4 Å². The average molecular weight is 424 g/mol. The summed E-state index contributed by atoms with van der Waals surface area (Å²) in [5.41, 5.74) is 0.556. The molecule has 7 nitrogen and oxygen atoms in total. The van der Waals surface area contributed by atoms with Gasteiger partial charge in [-0.3, -0.25) is 14.5 Å². The molecule has 1 fully saturated rings. The van der Waals surface area contributed by atoms with E-state index < -0.39 is 0 Å². The Morgan fingerprint density at radius 1 is 0.871 bits per heavy atom. The highest BCUT2D eigenvalue weighted by Crippen LogP contribution is 2.31. The van der Waals surface area contributed by atoms with Crippen molar-refractivity contribution in [2.45, 2.75) is 12.8 Å². The SMILES string of the molecule is O=C(CCC(=O)N1CCN(CCOc2ccccc2)CC1)c1ccc2c(c1)OCCO2. The number of carbonyl (C=O) groups is 2. The number of piperazine rings is 1. The Hall–Kier alpha value is -3.06. The predicted octanol–water partition coefficient (Wildman–Crippen LogP) is 2.64. The van der Waals surface area contributed by atoms with Crippen LogP contribution in [0.15, 0.2) is 48.5 Å². The predicted molar refractivity (Wildman–Crippen MR) is 116 cm³/mol. The molecule has 1 amide bonds. The van der Waals surface area contributed by atoms with Crippen molar-refractivity contribution in [2.75, 3.05) is 52.5 Å². The summed E-state index contributed by atoms with van der Waals surface area (Å²) in [6, 6.07) is 15.0. The third-order valence-corrected chi connectivity index (χ3v) is 5.57. The monoisotopic (exact) mass is 424 g/mol. The third-order valence-electron chi connectivity index (χ3n) is 5.57. The van der Waals surface area contributed by atoms with Crippen molar-refractivity contribution in [3.05, 3.63) is 54.1 Å². The van der Waals surface area contributed by atoms with E-state index in [1.807, 2.05) is 35.2 Å². The molecular formula is C24H28N2O5. The van der Waals surface area contributed by atoms with Crippen LogP contribution in [0.3, 0.4) is 0 Å². The largest absolute Gasteiger partial charge is 0.492 e. The van der Waals surface area contributed by atoms with Crippen LogP contribution in [0.25, 0.3) is 0 Å². The zero-order valence-corrected chi connectivity index (χ0v) is 17.6. The first-order valence-corrected chi connectivity index (χ1v) is 10.8. The Morgan fingerprint density at radius 3 is 2.39 bits per heavy atom. The van der Waals surface area contributed by atoms with Gasteiger partial charge in [0.05, 0.1) is 0 Å². The van der Waals surface area contributed by atoms with Gasteiger partial charge in [-0.05, 0) is 30.3 Å². The average Bonchev–Trinajstić information content (AvgIpc) is 2.83. The van der Waals surface area contributed by atoms with E-state index in [-0.39, 0.29) is 24.5 Å². The van der Waals surface area contributed by atoms with Crippen LogP contribution in [0.2, 0.25) is 0 Å². The number of benzene rings is 2. The molecule has 0 aromatic heterocycles. The molecule has 1 saturated heterocycles. The molecule has 2 aliphatic rings. The number of carbonyl (C=O) groups excluding carboxylic acids is 2. The normalized spacial score (nSPS) is 16.1. The van der Waals surface area contributed by atoms with E-state index in [1.165, 1.54) is 0 Å². The van der Waals surface area contributed by atoms with E-state index in [4.69, 9.17) is 14.2 Å². The lowest BCUT2D eigenvalue weighted by Gasteiger charge is -2.34. The first kappa shape index (κ1) is 21.2. The van der Waals surface area contributed by atoms with Crippen molar-refractivity contribution in [3.8, 4) is 17.2 Å². The molecule has 31 heavy (non-hydrogen) atoms. The Morgan fingerprint density at radius 2 is 1.61 bits per heavy atom. The van der Waals surface area contributed by atoms with Crippen LogP contribution < -0.4 is 14.2 Å². The quantitative estimate of drug-likeness (QED) is 0.607. The summed E-state index contributed by atoms with van der Waals surface area (Å²) < 4.78 is 16.8. The van der Waals surface area contributed by atoms with E-state index in [0.29, 0.717) is 50.0 Å². The minimum absolute atomic E-state index is 0.0334. The van der Waals surface area contributed by atoms with Crippen LogP contribution in [0.5, 0.6) is 17.2 Å². The van der Waals surface area contributed by atoms with E-state index >= 15 is 0 Å². The maximum absolute atomic E-state index is 12.6. The smallest absolute Gasteiger partial charge is 0.223 e. The molecular weight excluding hydrogens is 396 g/mol. The van der Waals surface area contributed by atoms with Gasteiger partial charge in [-0.2, -0.15) is 0 Å². The lowest BCUT2D eigenvalue weighted by atomic mass is 10.1. The van der Waals surface area contributed by atoms with Crippen LogP contribution in [0.4, 0.5) is 0 Å². The summed E-state index contributed by atoms with van der Waals surface area (Å²) >= 11 is 0. The van der Waals surface area contributed by atoms with Crippen molar-refractivity contribution < 1.29 is 23.8 Å². The number of amides is 1. The fourth-order valence-electron chi connectivity index (χ4n) is 3.77. The van der Waals surface area contributed by atoms with Crippen LogP contribution >= 0.6 is 0 Å². The number of ketones is 1. The highest BCUT2D eigenvalue weighted by atomic mass is 16.6. The lowest BCUT2D eigenvalue weighted by molar-refractivity contribution is -0.132. The van der Waals surface area contributed by atoms with Gasteiger partial charge in [0, 0.05) is 51.1 Å². The summed E-state index contributed by atoms with van der Waals surface area (Å²) in [5.74, 6) is 2.11. The molecule has 0 N–H and O–H groups in total. The van der Waals surface area contributed by atoms with Crippen molar-refractivity contribution in [2.24, 2.45) is 0 Å². The van der Waals surface area contributed by atoms with Crippen molar-refractivity contribution >= 4 is 11.7 Å². The van der Waals surface area contributed by atoms with Gasteiger partial charge in [-0.15, -0.1) is 0 Å². The molecule has 0 unspecified atom stereocenters. The fraction of sp³-hybridized carbons (Fsp3) is 0.417. The van der Waals surface area contributed by atoms with Gasteiger partial charge in [0.25, 0.3) is 0 Å². The standard InChI is InChI=1S/C24H28N2O5/c27-21(19-6-8-22-23(18-19)31-17-16-30-22)7-9-24(28)26-12-10-25(11-13-26)14-15-29-20-4-2-1-3-5-20/h1-6,8,18H,7,9-17H2. The molecule has 0 saturated carbocycles. The van der Waals surface area contributed by atoms with Gasteiger partial charge < -0.3 is 19.1 Å². The molecule has 0 aliphatic carbocycles. The number of fused-ring (bicyclic) bond motifs is 1. The molecule has 0 atom stereocenters. The second-order valence-electron chi connectivity index (χ2n) is 7.67. The Labute approximate surface area is 182 Å². The topological polar surface area (TPSA) is 68.3 Å². The third kappa shape index (κ3) is 5.76. The number of Topliss-reactive ketones (excluding diaryl/α,β-unsaturated/α-hetero) is 1. The summed E-state index contributed by atoms with van der Waals surface area (Å²) in [6.45, 7) is 5.46. The Balaban J connectivity index is 1.16. The summed E-state index contributed by atoms with van der Waals surface area (Å²) in [5, 5.41) is 0. The Bertz CT molecular complexity index is 894. The molecule has 164 valence electrons. The Kier molecular flexibility index (Phi) is 7.04. The minimum atomic E-state index is -0.0537. The lowest BCUT2D eigenvalue weighted by Crippen LogP contribution is -2.49. The maximum Gasteiger partial charge on any atom is 0.223 e. The molecule has 4 rings (SSSR count). The molecule has 2 aromatic carbocycles. The van der Waals surface area contributed by atoms with E-state index in [9.17, 15) is 9.59 Å². The zero-order valence-electron chi connectivity index (χ0n) is 17.6. The fourth-order valence-corrected chi connectivity index (χ4v) is 3.77. The summed E-state index contributed by atoms with van der Waals surface area (Å²) in [6.07, 6.45) is 0.425. The first-order valence-electron chi connectivity index (χ1n) is 10.8. The number of hydrogen-bond donors (Lipinski definition) is 0. The van der Waals surface area contributed by atoms with Crippen LogP contribution in [-0.2, 0) is 4.79 Å².